The molecule has 2 N–H and O–H groups in total. The fourth-order valence-corrected chi connectivity index (χ4v) is 5.50. The topological polar surface area (TPSA) is 69.5 Å². The lowest BCUT2D eigenvalue weighted by atomic mass is 9.83. The number of aromatic nitrogens is 3. The molecule has 2 fully saturated rings. The molecule has 0 radical (unpaired) electrons. The van der Waals surface area contributed by atoms with Crippen LogP contribution in [0.3, 0.4) is 0 Å². The molecular weight excluding hydrogens is 493 g/mol. The molecule has 38 heavy (non-hydrogen) atoms. The minimum Gasteiger partial charge on any atom is -0.390 e. The number of nitrogens with one attached hydrogen (secondary N) is 1. The fourth-order valence-electron chi connectivity index (χ4n) is 5.50. The molecular formula is C28H37F3N6O. The number of hydrogen-bond donors (Lipinski definition) is 2. The summed E-state index contributed by atoms with van der Waals surface area (Å²) in [6.07, 6.45) is 1.62. The van der Waals surface area contributed by atoms with Gasteiger partial charge in [-0.05, 0) is 50.8 Å². The second-order valence-electron chi connectivity index (χ2n) is 11.2. The number of alkyl halides is 3. The summed E-state index contributed by atoms with van der Waals surface area (Å²) in [7, 11) is 2.16. The van der Waals surface area contributed by atoms with Gasteiger partial charge >= 0.3 is 6.18 Å². The van der Waals surface area contributed by atoms with E-state index in [0.717, 1.165) is 62.1 Å². The van der Waals surface area contributed by atoms with Crippen LogP contribution >= 0.6 is 0 Å². The molecule has 0 spiro atoms. The Morgan fingerprint density at radius 3 is 2.42 bits per heavy atom. The van der Waals surface area contributed by atoms with Crippen LogP contribution in [0.4, 0.5) is 19.1 Å². The van der Waals surface area contributed by atoms with Gasteiger partial charge in [0.2, 0.25) is 5.95 Å². The Bertz CT molecular complexity index is 1220. The highest BCUT2D eigenvalue weighted by atomic mass is 19.4. The summed E-state index contributed by atoms with van der Waals surface area (Å²) in [6.45, 7) is 6.82. The fraction of sp³-hybridized carbons (Fsp3) is 0.571. The molecule has 2 aromatic heterocycles. The predicted octanol–water partition coefficient (Wildman–Crippen LogP) is 5.08. The van der Waals surface area contributed by atoms with Gasteiger partial charge in [-0.15, -0.1) is 0 Å². The zero-order valence-electron chi connectivity index (χ0n) is 22.1. The van der Waals surface area contributed by atoms with E-state index >= 15 is 0 Å². The lowest BCUT2D eigenvalue weighted by Gasteiger charge is -2.34. The Hall–Kier alpha value is -2.69. The maximum absolute atomic E-state index is 12.6. The van der Waals surface area contributed by atoms with Crippen LogP contribution in [-0.2, 0) is 6.54 Å². The molecule has 0 atom stereocenters. The Labute approximate surface area is 221 Å². The molecule has 0 bridgehead atoms. The van der Waals surface area contributed by atoms with Crippen molar-refractivity contribution in [2.75, 3.05) is 45.1 Å². The summed E-state index contributed by atoms with van der Waals surface area (Å²) in [5, 5.41) is 14.1. The van der Waals surface area contributed by atoms with E-state index < -0.39 is 18.2 Å². The van der Waals surface area contributed by atoms with Gasteiger partial charge in [0.15, 0.2) is 0 Å². The first kappa shape index (κ1) is 26.9. The molecule has 1 aliphatic carbocycles. The Kier molecular flexibility index (Phi) is 7.66. The van der Waals surface area contributed by atoms with Crippen molar-refractivity contribution >= 4 is 17.0 Å². The highest BCUT2D eigenvalue weighted by Crippen LogP contribution is 2.39. The van der Waals surface area contributed by atoms with Gasteiger partial charge in [0.25, 0.3) is 0 Å². The van der Waals surface area contributed by atoms with Gasteiger partial charge in [-0.2, -0.15) is 18.2 Å². The molecule has 1 aromatic carbocycles. The van der Waals surface area contributed by atoms with Gasteiger partial charge in [0.1, 0.15) is 5.65 Å². The number of benzene rings is 1. The lowest BCUT2D eigenvalue weighted by Crippen LogP contribution is -2.43. The van der Waals surface area contributed by atoms with Crippen molar-refractivity contribution in [2.45, 2.75) is 63.4 Å². The van der Waals surface area contributed by atoms with E-state index in [-0.39, 0.29) is 18.5 Å². The first-order valence-corrected chi connectivity index (χ1v) is 13.5. The van der Waals surface area contributed by atoms with Gasteiger partial charge in [-0.3, -0.25) is 4.90 Å². The molecule has 2 aliphatic rings. The summed E-state index contributed by atoms with van der Waals surface area (Å²) in [6, 6.07) is 8.75. The number of piperazine rings is 1. The summed E-state index contributed by atoms with van der Waals surface area (Å²) in [5.74, 6) is 0.193. The van der Waals surface area contributed by atoms with Gasteiger partial charge in [0, 0.05) is 68.7 Å². The predicted molar refractivity (Wildman–Crippen MR) is 143 cm³/mol. The number of halogens is 3. The lowest BCUT2D eigenvalue weighted by molar-refractivity contribution is -0.131. The quantitative estimate of drug-likeness (QED) is 0.444. The zero-order chi connectivity index (χ0) is 26.9. The third-order valence-corrected chi connectivity index (χ3v) is 7.96. The highest BCUT2D eigenvalue weighted by molar-refractivity contribution is 5.94. The summed E-state index contributed by atoms with van der Waals surface area (Å²) < 4.78 is 40.0. The largest absolute Gasteiger partial charge is 0.390 e. The third kappa shape index (κ3) is 6.47. The molecule has 7 nitrogen and oxygen atoms in total. The molecule has 1 aliphatic heterocycles. The van der Waals surface area contributed by atoms with E-state index in [2.05, 4.69) is 67.2 Å². The average molecular weight is 531 g/mol. The van der Waals surface area contributed by atoms with Gasteiger partial charge in [0.05, 0.1) is 12.0 Å². The maximum atomic E-state index is 12.6. The number of hydrogen-bond acceptors (Lipinski definition) is 6. The Morgan fingerprint density at radius 2 is 1.76 bits per heavy atom. The standard InChI is InChI=1S/C28H37F3N6O/c1-27(38)9-7-22(8-10-27)37-19-24(23-17-33-26(34-25(23)37)32-12-11-28(29,30)31)21-5-3-20(4-6-21)18-36-15-13-35(2)14-16-36/h3-6,17,19,22,38H,7-16,18H2,1-2H3,(H,32,33,34)/t22-,27-. The van der Waals surface area contributed by atoms with Gasteiger partial charge in [-0.1, -0.05) is 24.3 Å². The number of likely N-dealkylation sites (N-methyl/N-ethyl adjacent to an activating group) is 1. The molecule has 0 unspecified atom stereocenters. The van der Waals surface area contributed by atoms with Crippen molar-refractivity contribution in [3.8, 4) is 11.1 Å². The molecule has 10 heteroatoms. The molecule has 206 valence electrons. The van der Waals surface area contributed by atoms with Crippen molar-refractivity contribution in [1.82, 2.24) is 24.3 Å². The van der Waals surface area contributed by atoms with E-state index in [1.165, 1.54) is 5.56 Å². The smallest absolute Gasteiger partial charge is 0.390 e. The summed E-state index contributed by atoms with van der Waals surface area (Å²) in [4.78, 5) is 13.8. The highest BCUT2D eigenvalue weighted by Gasteiger charge is 2.31. The van der Waals surface area contributed by atoms with Crippen LogP contribution in [0.1, 0.15) is 50.6 Å². The van der Waals surface area contributed by atoms with Gasteiger partial charge < -0.3 is 19.9 Å². The van der Waals surface area contributed by atoms with E-state index in [0.29, 0.717) is 18.5 Å². The maximum Gasteiger partial charge on any atom is 0.390 e. The van der Waals surface area contributed by atoms with Crippen molar-refractivity contribution in [3.05, 3.63) is 42.2 Å². The minimum atomic E-state index is -4.24. The molecule has 0 amide bonds. The van der Waals surface area contributed by atoms with Crippen molar-refractivity contribution in [3.63, 3.8) is 0 Å². The van der Waals surface area contributed by atoms with E-state index in [4.69, 9.17) is 0 Å². The van der Waals surface area contributed by atoms with E-state index in [1.54, 1.807) is 6.20 Å². The summed E-state index contributed by atoms with van der Waals surface area (Å²) >= 11 is 0. The molecule has 3 heterocycles. The minimum absolute atomic E-state index is 0.154. The Morgan fingerprint density at radius 1 is 1.08 bits per heavy atom. The molecule has 1 saturated carbocycles. The van der Waals surface area contributed by atoms with Crippen LogP contribution in [0.15, 0.2) is 36.7 Å². The van der Waals surface area contributed by atoms with Crippen LogP contribution in [-0.4, -0.2) is 81.0 Å². The second kappa shape index (κ2) is 10.8. The van der Waals surface area contributed by atoms with Crippen LogP contribution in [0.25, 0.3) is 22.2 Å². The normalized spacial score (nSPS) is 23.7. The van der Waals surface area contributed by atoms with Crippen LogP contribution < -0.4 is 5.32 Å². The summed E-state index contributed by atoms with van der Waals surface area (Å²) in [5.41, 5.74) is 3.37. The first-order chi connectivity index (χ1) is 18.1. The zero-order valence-corrected chi connectivity index (χ0v) is 22.1. The van der Waals surface area contributed by atoms with E-state index in [9.17, 15) is 18.3 Å². The molecule has 5 rings (SSSR count). The number of aliphatic hydroxyl groups is 1. The van der Waals surface area contributed by atoms with Gasteiger partial charge in [-0.25, -0.2) is 4.98 Å². The number of nitrogens with zero attached hydrogens (tertiary/aromatic N) is 5. The number of anilines is 1. The van der Waals surface area contributed by atoms with Crippen molar-refractivity contribution in [2.24, 2.45) is 0 Å². The number of rotatable bonds is 7. The molecule has 1 saturated heterocycles. The second-order valence-corrected chi connectivity index (χ2v) is 11.2. The first-order valence-electron chi connectivity index (χ1n) is 13.5. The third-order valence-electron chi connectivity index (χ3n) is 7.96. The van der Waals surface area contributed by atoms with Crippen molar-refractivity contribution < 1.29 is 18.3 Å². The van der Waals surface area contributed by atoms with Crippen LogP contribution in [0.5, 0.6) is 0 Å². The number of fused-ring (bicyclic) bond motifs is 1. The average Bonchev–Trinajstić information content (AvgIpc) is 3.24. The van der Waals surface area contributed by atoms with Crippen LogP contribution in [0, 0.1) is 0 Å². The monoisotopic (exact) mass is 530 g/mol. The van der Waals surface area contributed by atoms with Crippen LogP contribution in [0.2, 0.25) is 0 Å². The molecule has 3 aromatic rings. The van der Waals surface area contributed by atoms with Crippen molar-refractivity contribution in [1.29, 1.82) is 0 Å². The van der Waals surface area contributed by atoms with E-state index in [1.807, 2.05) is 6.92 Å². The SMILES string of the molecule is CN1CCN(Cc2ccc(-c3cn([C@H]4CC[C@](C)(O)CC4)c4nc(NCCC(F)(F)F)ncc34)cc2)CC1. The Balaban J connectivity index is 1.41.